The molecule has 2 aromatic carbocycles. The van der Waals surface area contributed by atoms with E-state index in [0.29, 0.717) is 16.1 Å². The highest BCUT2D eigenvalue weighted by atomic mass is 32.1. The van der Waals surface area contributed by atoms with E-state index in [-0.39, 0.29) is 11.3 Å². The second kappa shape index (κ2) is 8.09. The molecule has 7 nitrogen and oxygen atoms in total. The van der Waals surface area contributed by atoms with Crippen molar-refractivity contribution in [1.82, 2.24) is 4.68 Å². The lowest BCUT2D eigenvalue weighted by Crippen LogP contribution is -2.11. The maximum atomic E-state index is 12.3. The van der Waals surface area contributed by atoms with E-state index in [2.05, 4.69) is 14.8 Å². The number of thiazole rings is 1. The zero-order chi connectivity index (χ0) is 20.3. The van der Waals surface area contributed by atoms with Gasteiger partial charge in [0.05, 0.1) is 11.9 Å². The predicted octanol–water partition coefficient (Wildman–Crippen LogP) is 3.35. The number of hydrogen-bond acceptors (Lipinski definition) is 7. The molecule has 146 valence electrons. The van der Waals surface area contributed by atoms with Crippen LogP contribution in [0.2, 0.25) is 0 Å². The van der Waals surface area contributed by atoms with E-state index in [9.17, 15) is 24.1 Å². The average Bonchev–Trinajstić information content (AvgIpc) is 3.08. The van der Waals surface area contributed by atoms with Gasteiger partial charge in [0.2, 0.25) is 10.6 Å². The van der Waals surface area contributed by atoms with Crippen LogP contribution in [0.25, 0.3) is 11.3 Å². The van der Waals surface area contributed by atoms with Crippen molar-refractivity contribution in [1.29, 1.82) is 0 Å². The molecule has 3 aromatic rings. The maximum absolute atomic E-state index is 12.3. The molecular weight excluding hydrogens is 392 g/mol. The topological polar surface area (TPSA) is 99.6 Å². The summed E-state index contributed by atoms with van der Waals surface area (Å²) in [5.41, 5.74) is 1.50. The summed E-state index contributed by atoms with van der Waals surface area (Å²) in [6.07, 6.45) is 1.30. The minimum absolute atomic E-state index is 0.0360. The Morgan fingerprint density at radius 1 is 1.07 bits per heavy atom. The van der Waals surface area contributed by atoms with Gasteiger partial charge in [-0.1, -0.05) is 0 Å². The normalized spacial score (nSPS) is 12.2. The number of rotatable bonds is 5. The van der Waals surface area contributed by atoms with E-state index in [1.807, 2.05) is 0 Å². The monoisotopic (exact) mass is 407 g/mol. The molecule has 0 fully saturated rings. The number of halogens is 2. The molecule has 3 N–H and O–H groups in total. The first-order valence-electron chi connectivity index (χ1n) is 7.87. The fourth-order valence-corrected chi connectivity index (χ4v) is 3.18. The molecule has 0 aliphatic carbocycles. The third-order valence-corrected chi connectivity index (χ3v) is 4.63. The fraction of sp³-hybridized carbons (Fsp3) is 0.111. The molecular formula is C18H15F2N3O4S. The summed E-state index contributed by atoms with van der Waals surface area (Å²) in [7, 11) is 1.59. The van der Waals surface area contributed by atoms with Gasteiger partial charge in [-0.05, 0) is 36.4 Å². The van der Waals surface area contributed by atoms with Crippen LogP contribution in [0.4, 0.5) is 8.78 Å². The van der Waals surface area contributed by atoms with Crippen LogP contribution in [0.15, 0.2) is 51.9 Å². The Kier molecular flexibility index (Phi) is 5.59. The molecule has 0 aliphatic heterocycles. The van der Waals surface area contributed by atoms with Crippen molar-refractivity contribution in [2.45, 2.75) is 6.61 Å². The third kappa shape index (κ3) is 3.96. The van der Waals surface area contributed by atoms with E-state index in [1.165, 1.54) is 46.5 Å². The first kappa shape index (κ1) is 19.4. The predicted molar refractivity (Wildman–Crippen MR) is 100 cm³/mol. The Hall–Kier alpha value is -3.40. The Morgan fingerprint density at radius 3 is 2.43 bits per heavy atom. The second-order valence-electron chi connectivity index (χ2n) is 5.46. The summed E-state index contributed by atoms with van der Waals surface area (Å²) in [5, 5.41) is 35.0. The van der Waals surface area contributed by atoms with Crippen LogP contribution in [-0.2, 0) is 0 Å². The van der Waals surface area contributed by atoms with Crippen LogP contribution < -0.4 is 9.54 Å². The standard InChI is InChI=1S/C18H15F2N3O4S/c1-21-18-23(22-8-11-4-7-14(24)16(26)15(11)25)13(9-28-18)10-2-5-12(6-3-10)27-17(19)20/h2-9,17,24-26H,1H3/b21-18?,22-8+. The highest BCUT2D eigenvalue weighted by molar-refractivity contribution is 7.07. The van der Waals surface area contributed by atoms with Crippen molar-refractivity contribution in [2.75, 3.05) is 7.05 Å². The van der Waals surface area contributed by atoms with Crippen LogP contribution in [-0.4, -0.2) is 39.9 Å². The third-order valence-electron chi connectivity index (χ3n) is 3.73. The molecule has 0 radical (unpaired) electrons. The number of ether oxygens (including phenoxy) is 1. The van der Waals surface area contributed by atoms with E-state index in [4.69, 9.17) is 0 Å². The van der Waals surface area contributed by atoms with Gasteiger partial charge in [-0.2, -0.15) is 13.9 Å². The van der Waals surface area contributed by atoms with Gasteiger partial charge >= 0.3 is 6.61 Å². The highest BCUT2D eigenvalue weighted by Gasteiger charge is 2.11. The SMILES string of the molecule is CN=c1scc(-c2ccc(OC(F)F)cc2)n1/N=C/c1ccc(O)c(O)c1O. The summed E-state index contributed by atoms with van der Waals surface area (Å²) in [5.74, 6) is -1.57. The van der Waals surface area contributed by atoms with Crippen LogP contribution in [0.1, 0.15) is 5.56 Å². The fourth-order valence-electron chi connectivity index (χ4n) is 2.38. The summed E-state index contributed by atoms with van der Waals surface area (Å²) < 4.78 is 30.4. The molecule has 0 atom stereocenters. The van der Waals surface area contributed by atoms with Crippen LogP contribution >= 0.6 is 11.3 Å². The number of nitrogens with zero attached hydrogens (tertiary/aromatic N) is 3. The van der Waals surface area contributed by atoms with Crippen LogP contribution in [0.3, 0.4) is 0 Å². The van der Waals surface area contributed by atoms with Gasteiger partial charge < -0.3 is 20.1 Å². The van der Waals surface area contributed by atoms with Crippen molar-refractivity contribution in [3.05, 3.63) is 52.1 Å². The summed E-state index contributed by atoms with van der Waals surface area (Å²) >= 11 is 1.31. The molecule has 3 rings (SSSR count). The smallest absolute Gasteiger partial charge is 0.387 e. The molecule has 0 bridgehead atoms. The molecule has 0 saturated heterocycles. The van der Waals surface area contributed by atoms with Crippen LogP contribution in [0, 0.1) is 0 Å². The minimum Gasteiger partial charge on any atom is -0.504 e. The number of alkyl halides is 2. The van der Waals surface area contributed by atoms with E-state index >= 15 is 0 Å². The lowest BCUT2D eigenvalue weighted by molar-refractivity contribution is -0.0498. The molecule has 1 heterocycles. The highest BCUT2D eigenvalue weighted by Crippen LogP contribution is 2.36. The zero-order valence-corrected chi connectivity index (χ0v) is 15.3. The second-order valence-corrected chi connectivity index (χ2v) is 6.29. The number of benzene rings is 2. The van der Waals surface area contributed by atoms with Gasteiger partial charge in [0, 0.05) is 23.6 Å². The lowest BCUT2D eigenvalue weighted by Gasteiger charge is -2.07. The van der Waals surface area contributed by atoms with E-state index in [0.717, 1.165) is 0 Å². The lowest BCUT2D eigenvalue weighted by atomic mass is 10.2. The van der Waals surface area contributed by atoms with Crippen molar-refractivity contribution in [3.63, 3.8) is 0 Å². The van der Waals surface area contributed by atoms with Gasteiger partial charge in [0.1, 0.15) is 5.75 Å². The van der Waals surface area contributed by atoms with Crippen molar-refractivity contribution in [3.8, 4) is 34.3 Å². The first-order chi connectivity index (χ1) is 13.4. The Morgan fingerprint density at radius 2 is 1.79 bits per heavy atom. The minimum atomic E-state index is -2.90. The Bertz CT molecular complexity index is 1080. The number of aromatic nitrogens is 1. The Balaban J connectivity index is 1.99. The van der Waals surface area contributed by atoms with Crippen molar-refractivity contribution >= 4 is 17.6 Å². The number of hydrogen-bond donors (Lipinski definition) is 3. The van der Waals surface area contributed by atoms with Crippen molar-refractivity contribution in [2.24, 2.45) is 10.1 Å². The summed E-state index contributed by atoms with van der Waals surface area (Å²) in [6.45, 7) is -2.90. The quantitative estimate of drug-likeness (QED) is 0.446. The molecule has 0 spiro atoms. The average molecular weight is 407 g/mol. The molecule has 0 amide bonds. The number of aromatic hydroxyl groups is 3. The molecule has 0 aliphatic rings. The van der Waals surface area contributed by atoms with E-state index < -0.39 is 23.9 Å². The molecule has 0 unspecified atom stereocenters. The first-order valence-corrected chi connectivity index (χ1v) is 8.75. The Labute approximate surface area is 161 Å². The largest absolute Gasteiger partial charge is 0.504 e. The van der Waals surface area contributed by atoms with Gasteiger partial charge in [-0.3, -0.25) is 4.99 Å². The maximum Gasteiger partial charge on any atom is 0.387 e. The molecule has 28 heavy (non-hydrogen) atoms. The van der Waals surface area contributed by atoms with Gasteiger partial charge in [-0.15, -0.1) is 11.3 Å². The van der Waals surface area contributed by atoms with E-state index in [1.54, 1.807) is 24.6 Å². The number of phenolic OH excluding ortho intramolecular Hbond substituents is 3. The summed E-state index contributed by atoms with van der Waals surface area (Å²) in [6, 6.07) is 8.66. The van der Waals surface area contributed by atoms with Gasteiger partial charge in [0.25, 0.3) is 0 Å². The van der Waals surface area contributed by atoms with Crippen LogP contribution in [0.5, 0.6) is 23.0 Å². The van der Waals surface area contributed by atoms with Gasteiger partial charge in [0.15, 0.2) is 11.5 Å². The molecule has 10 heteroatoms. The zero-order valence-electron chi connectivity index (χ0n) is 14.5. The van der Waals surface area contributed by atoms with Crippen molar-refractivity contribution < 1.29 is 28.8 Å². The number of phenols is 3. The molecule has 0 saturated carbocycles. The van der Waals surface area contributed by atoms with Gasteiger partial charge in [-0.25, -0.2) is 4.68 Å². The summed E-state index contributed by atoms with van der Waals surface area (Å²) in [4.78, 5) is 4.68. The molecule has 1 aromatic heterocycles.